The van der Waals surface area contributed by atoms with Crippen LogP contribution in [0.5, 0.6) is 0 Å². The summed E-state index contributed by atoms with van der Waals surface area (Å²) in [4.78, 5) is 12.3. The van der Waals surface area contributed by atoms with Gasteiger partial charge < -0.3 is 5.11 Å². The fourth-order valence-electron chi connectivity index (χ4n) is 1.64. The van der Waals surface area contributed by atoms with E-state index in [1.54, 1.807) is 24.3 Å². The van der Waals surface area contributed by atoms with Gasteiger partial charge in [-0.3, -0.25) is 4.79 Å². The molecule has 0 atom stereocenters. The SMILES string of the molecule is O=C(c1ccc(Cl)cc1)c1cc(Cl)c(CO)cc1Cl. The van der Waals surface area contributed by atoms with Crippen molar-refractivity contribution in [3.8, 4) is 0 Å². The summed E-state index contributed by atoms with van der Waals surface area (Å²) in [5, 5.41) is 10.2. The predicted octanol–water partition coefficient (Wildman–Crippen LogP) is 4.37. The topological polar surface area (TPSA) is 37.3 Å². The molecule has 19 heavy (non-hydrogen) atoms. The standard InChI is InChI=1S/C14H9Cl3O2/c15-10-3-1-8(2-4-10)14(19)11-6-12(16)9(7-18)5-13(11)17/h1-6,18H,7H2. The number of ketones is 1. The third-order valence-electron chi connectivity index (χ3n) is 2.66. The number of carbonyl (C=O) groups is 1. The van der Waals surface area contributed by atoms with E-state index in [1.165, 1.54) is 12.1 Å². The van der Waals surface area contributed by atoms with Crippen LogP contribution in [0.2, 0.25) is 15.1 Å². The molecule has 0 aliphatic rings. The Morgan fingerprint density at radius 2 is 1.63 bits per heavy atom. The molecule has 1 N–H and O–H groups in total. The van der Waals surface area contributed by atoms with Gasteiger partial charge in [-0.2, -0.15) is 0 Å². The van der Waals surface area contributed by atoms with Crippen molar-refractivity contribution in [1.29, 1.82) is 0 Å². The molecule has 2 rings (SSSR count). The Morgan fingerprint density at radius 1 is 1.00 bits per heavy atom. The minimum absolute atomic E-state index is 0.228. The number of halogens is 3. The van der Waals surface area contributed by atoms with Gasteiger partial charge in [0.25, 0.3) is 0 Å². The number of hydrogen-bond donors (Lipinski definition) is 1. The van der Waals surface area contributed by atoms with Gasteiger partial charge in [0.15, 0.2) is 5.78 Å². The zero-order valence-electron chi connectivity index (χ0n) is 9.66. The summed E-state index contributed by atoms with van der Waals surface area (Å²) in [6.07, 6.45) is 0. The van der Waals surface area contributed by atoms with Crippen molar-refractivity contribution in [2.24, 2.45) is 0 Å². The average Bonchev–Trinajstić information content (AvgIpc) is 2.41. The second-order valence-corrected chi connectivity index (χ2v) is 5.17. The molecule has 2 nitrogen and oxygen atoms in total. The highest BCUT2D eigenvalue weighted by atomic mass is 35.5. The lowest BCUT2D eigenvalue weighted by atomic mass is 10.0. The van der Waals surface area contributed by atoms with Crippen molar-refractivity contribution in [1.82, 2.24) is 0 Å². The van der Waals surface area contributed by atoms with E-state index in [1.807, 2.05) is 0 Å². The maximum atomic E-state index is 12.3. The quantitative estimate of drug-likeness (QED) is 0.854. The summed E-state index contributed by atoms with van der Waals surface area (Å²) in [6, 6.07) is 9.46. The lowest BCUT2D eigenvalue weighted by Crippen LogP contribution is -2.03. The molecule has 0 aliphatic carbocycles. The molecule has 98 valence electrons. The van der Waals surface area contributed by atoms with Gasteiger partial charge in [0.2, 0.25) is 0 Å². The van der Waals surface area contributed by atoms with Crippen molar-refractivity contribution >= 4 is 40.6 Å². The number of aliphatic hydroxyl groups is 1. The summed E-state index contributed by atoms with van der Waals surface area (Å²) in [7, 11) is 0. The summed E-state index contributed by atoms with van der Waals surface area (Å²) in [5.41, 5.74) is 1.25. The molecule has 0 saturated carbocycles. The summed E-state index contributed by atoms with van der Waals surface area (Å²) in [6.45, 7) is -0.228. The van der Waals surface area contributed by atoms with Gasteiger partial charge in [-0.15, -0.1) is 0 Å². The van der Waals surface area contributed by atoms with E-state index in [2.05, 4.69) is 0 Å². The largest absolute Gasteiger partial charge is 0.392 e. The third kappa shape index (κ3) is 3.10. The molecule has 2 aromatic rings. The molecule has 0 aromatic heterocycles. The van der Waals surface area contributed by atoms with E-state index in [9.17, 15) is 4.79 Å². The van der Waals surface area contributed by atoms with Crippen LogP contribution in [-0.4, -0.2) is 10.9 Å². The molecule has 0 fully saturated rings. The second kappa shape index (κ2) is 5.93. The molecule has 0 saturated heterocycles. The molecular formula is C14H9Cl3O2. The van der Waals surface area contributed by atoms with Crippen molar-refractivity contribution in [3.63, 3.8) is 0 Å². The van der Waals surface area contributed by atoms with Gasteiger partial charge in [0.05, 0.1) is 11.6 Å². The van der Waals surface area contributed by atoms with Crippen LogP contribution < -0.4 is 0 Å². The van der Waals surface area contributed by atoms with Crippen LogP contribution in [0, 0.1) is 0 Å². The smallest absolute Gasteiger partial charge is 0.194 e. The van der Waals surface area contributed by atoms with E-state index in [0.717, 1.165) is 0 Å². The first-order valence-corrected chi connectivity index (χ1v) is 6.55. The third-order valence-corrected chi connectivity index (χ3v) is 3.57. The van der Waals surface area contributed by atoms with Crippen molar-refractivity contribution < 1.29 is 9.90 Å². The number of benzene rings is 2. The molecule has 0 bridgehead atoms. The molecular weight excluding hydrogens is 307 g/mol. The summed E-state index contributed by atoms with van der Waals surface area (Å²) < 4.78 is 0. The monoisotopic (exact) mass is 314 g/mol. The summed E-state index contributed by atoms with van der Waals surface area (Å²) in [5.74, 6) is -0.243. The van der Waals surface area contributed by atoms with Gasteiger partial charge in [0, 0.05) is 21.2 Å². The zero-order valence-corrected chi connectivity index (χ0v) is 11.9. The lowest BCUT2D eigenvalue weighted by molar-refractivity contribution is 0.103. The normalized spacial score (nSPS) is 10.5. The van der Waals surface area contributed by atoms with Crippen LogP contribution in [-0.2, 0) is 6.61 Å². The van der Waals surface area contributed by atoms with E-state index < -0.39 is 0 Å². The Bertz CT molecular complexity index is 621. The minimum Gasteiger partial charge on any atom is -0.392 e. The number of carbonyl (C=O) groups excluding carboxylic acids is 1. The highest BCUT2D eigenvalue weighted by Gasteiger charge is 2.15. The minimum atomic E-state index is -0.243. The maximum Gasteiger partial charge on any atom is 0.194 e. The van der Waals surface area contributed by atoms with E-state index in [-0.39, 0.29) is 17.4 Å². The van der Waals surface area contributed by atoms with Crippen LogP contribution in [0.4, 0.5) is 0 Å². The van der Waals surface area contributed by atoms with Crippen LogP contribution >= 0.6 is 34.8 Å². The molecule has 0 amide bonds. The van der Waals surface area contributed by atoms with Gasteiger partial charge >= 0.3 is 0 Å². The van der Waals surface area contributed by atoms with Crippen molar-refractivity contribution in [2.45, 2.75) is 6.61 Å². The number of rotatable bonds is 3. The predicted molar refractivity (Wildman–Crippen MR) is 77.3 cm³/mol. The molecule has 0 heterocycles. The van der Waals surface area contributed by atoms with Crippen LogP contribution in [0.1, 0.15) is 21.5 Å². The van der Waals surface area contributed by atoms with Crippen LogP contribution in [0.25, 0.3) is 0 Å². The van der Waals surface area contributed by atoms with Gasteiger partial charge in [-0.25, -0.2) is 0 Å². The maximum absolute atomic E-state index is 12.3. The van der Waals surface area contributed by atoms with Crippen LogP contribution in [0.15, 0.2) is 36.4 Å². The fraction of sp³-hybridized carbons (Fsp3) is 0.0714. The average molecular weight is 316 g/mol. The Labute approximate surface area is 125 Å². The van der Waals surface area contributed by atoms with E-state index >= 15 is 0 Å². The molecule has 0 aliphatic heterocycles. The molecule has 0 radical (unpaired) electrons. The van der Waals surface area contributed by atoms with Crippen molar-refractivity contribution in [2.75, 3.05) is 0 Å². The van der Waals surface area contributed by atoms with Crippen LogP contribution in [0.3, 0.4) is 0 Å². The van der Waals surface area contributed by atoms with Crippen molar-refractivity contribution in [3.05, 3.63) is 68.2 Å². The molecule has 0 unspecified atom stereocenters. The lowest BCUT2D eigenvalue weighted by Gasteiger charge is -2.08. The van der Waals surface area contributed by atoms with Gasteiger partial charge in [-0.1, -0.05) is 34.8 Å². The second-order valence-electron chi connectivity index (χ2n) is 3.92. The van der Waals surface area contributed by atoms with Gasteiger partial charge in [-0.05, 0) is 42.0 Å². The Hall–Kier alpha value is -1.06. The van der Waals surface area contributed by atoms with E-state index in [4.69, 9.17) is 39.9 Å². The molecule has 2 aromatic carbocycles. The van der Waals surface area contributed by atoms with Gasteiger partial charge in [0.1, 0.15) is 0 Å². The van der Waals surface area contributed by atoms with E-state index in [0.29, 0.717) is 26.7 Å². The first-order chi connectivity index (χ1) is 9.02. The number of hydrogen-bond acceptors (Lipinski definition) is 2. The molecule has 0 spiro atoms. The first-order valence-electron chi connectivity index (χ1n) is 5.42. The Kier molecular flexibility index (Phi) is 4.48. The number of aliphatic hydroxyl groups excluding tert-OH is 1. The fourth-order valence-corrected chi connectivity index (χ4v) is 2.26. The Morgan fingerprint density at radius 3 is 2.21 bits per heavy atom. The first kappa shape index (κ1) is 14.4. The zero-order chi connectivity index (χ0) is 14.0. The summed E-state index contributed by atoms with van der Waals surface area (Å²) >= 11 is 17.8. The Balaban J connectivity index is 2.44. The highest BCUT2D eigenvalue weighted by molar-refractivity contribution is 6.37. The highest BCUT2D eigenvalue weighted by Crippen LogP contribution is 2.27. The molecule has 5 heteroatoms.